The topological polar surface area (TPSA) is 46.5 Å². The second kappa shape index (κ2) is 5.56. The fourth-order valence-electron chi connectivity index (χ4n) is 1.36. The van der Waals surface area contributed by atoms with Crippen molar-refractivity contribution in [3.63, 3.8) is 0 Å². The number of thioether (sulfide) groups is 1. The quantitative estimate of drug-likeness (QED) is 0.661. The van der Waals surface area contributed by atoms with E-state index < -0.39 is 11.6 Å². The summed E-state index contributed by atoms with van der Waals surface area (Å²) in [6.07, 6.45) is 0. The highest BCUT2D eigenvalue weighted by molar-refractivity contribution is 7.99. The molecule has 1 atom stereocenters. The first-order valence-electron chi connectivity index (χ1n) is 5.37. The van der Waals surface area contributed by atoms with Crippen molar-refractivity contribution in [1.29, 1.82) is 0 Å². The molecule has 0 aromatic heterocycles. The van der Waals surface area contributed by atoms with Crippen molar-refractivity contribution in [2.45, 2.75) is 31.3 Å². The first-order valence-corrected chi connectivity index (χ1v) is 6.36. The first-order chi connectivity index (χ1) is 7.86. The van der Waals surface area contributed by atoms with Gasteiger partial charge in [-0.1, -0.05) is 17.7 Å². The number of aliphatic hydroxyl groups is 1. The van der Waals surface area contributed by atoms with Gasteiger partial charge in [-0.05, 0) is 32.4 Å². The number of benzene rings is 1. The Hall–Kier alpha value is -1.00. The molecule has 94 valence electrons. The maximum Gasteiger partial charge on any atom is 0.338 e. The summed E-state index contributed by atoms with van der Waals surface area (Å²) in [5.41, 5.74) is 0.854. The third-order valence-electron chi connectivity index (χ3n) is 2.48. The molecule has 1 unspecified atom stereocenters. The molecule has 1 N–H and O–H groups in total. The lowest BCUT2D eigenvalue weighted by Gasteiger charge is -2.20. The van der Waals surface area contributed by atoms with E-state index in [0.717, 1.165) is 16.0 Å². The lowest BCUT2D eigenvalue weighted by molar-refractivity contribution is -0.158. The fourth-order valence-corrected chi connectivity index (χ4v) is 2.48. The Morgan fingerprint density at radius 3 is 2.71 bits per heavy atom. The van der Waals surface area contributed by atoms with Gasteiger partial charge in [0, 0.05) is 10.6 Å². The predicted molar refractivity (Wildman–Crippen MR) is 69.3 cm³/mol. The summed E-state index contributed by atoms with van der Waals surface area (Å²) in [4.78, 5) is 12.4. The zero-order valence-corrected chi connectivity index (χ0v) is 11.4. The second-order valence-electron chi connectivity index (χ2n) is 4.32. The minimum Gasteiger partial charge on any atom is -0.467 e. The van der Waals surface area contributed by atoms with Crippen molar-refractivity contribution >= 4 is 17.7 Å². The van der Waals surface area contributed by atoms with Crippen LogP contribution >= 0.6 is 11.8 Å². The Labute approximate surface area is 106 Å². The summed E-state index contributed by atoms with van der Waals surface area (Å²) < 4.78 is 4.56. The van der Waals surface area contributed by atoms with Gasteiger partial charge in [-0.25, -0.2) is 4.79 Å². The number of rotatable bonds is 4. The van der Waals surface area contributed by atoms with E-state index in [0.29, 0.717) is 0 Å². The summed E-state index contributed by atoms with van der Waals surface area (Å²) in [5, 5.41) is 9.91. The molecule has 17 heavy (non-hydrogen) atoms. The van der Waals surface area contributed by atoms with Gasteiger partial charge in [0.25, 0.3) is 0 Å². The highest BCUT2D eigenvalue weighted by Crippen LogP contribution is 2.27. The molecule has 0 aliphatic carbocycles. The van der Waals surface area contributed by atoms with Crippen LogP contribution in [0, 0.1) is 13.8 Å². The largest absolute Gasteiger partial charge is 0.467 e. The standard InChI is InChI=1S/C13H18O3S/c1-9-5-6-10(2)11(7-9)17-8-13(3,15)12(14)16-4/h5-7,15H,8H2,1-4H3. The van der Waals surface area contributed by atoms with Crippen molar-refractivity contribution in [3.8, 4) is 0 Å². The van der Waals surface area contributed by atoms with E-state index >= 15 is 0 Å². The molecule has 1 aromatic rings. The van der Waals surface area contributed by atoms with Gasteiger partial charge in [0.15, 0.2) is 5.60 Å². The molecule has 0 aliphatic rings. The number of carbonyl (C=O) groups is 1. The van der Waals surface area contributed by atoms with E-state index in [-0.39, 0.29) is 5.75 Å². The van der Waals surface area contributed by atoms with Crippen molar-refractivity contribution in [2.75, 3.05) is 12.9 Å². The molecular weight excluding hydrogens is 236 g/mol. The van der Waals surface area contributed by atoms with E-state index in [2.05, 4.69) is 4.74 Å². The fraction of sp³-hybridized carbons (Fsp3) is 0.462. The van der Waals surface area contributed by atoms with Crippen LogP contribution < -0.4 is 0 Å². The Balaban J connectivity index is 2.73. The molecule has 0 radical (unpaired) electrons. The van der Waals surface area contributed by atoms with E-state index in [1.807, 2.05) is 32.0 Å². The minimum atomic E-state index is -1.45. The second-order valence-corrected chi connectivity index (χ2v) is 5.34. The predicted octanol–water partition coefficient (Wildman–Crippen LogP) is 2.32. The first kappa shape index (κ1) is 14.1. The maximum atomic E-state index is 11.3. The number of methoxy groups -OCH3 is 1. The molecule has 0 aliphatic heterocycles. The smallest absolute Gasteiger partial charge is 0.338 e. The van der Waals surface area contributed by atoms with Gasteiger partial charge in [0.1, 0.15) is 0 Å². The van der Waals surface area contributed by atoms with Crippen LogP contribution in [-0.4, -0.2) is 29.5 Å². The minimum absolute atomic E-state index is 0.282. The zero-order chi connectivity index (χ0) is 13.1. The Bertz CT molecular complexity index is 413. The molecule has 0 heterocycles. The maximum absolute atomic E-state index is 11.3. The van der Waals surface area contributed by atoms with Crippen LogP contribution in [0.2, 0.25) is 0 Å². The van der Waals surface area contributed by atoms with Crippen molar-refractivity contribution in [1.82, 2.24) is 0 Å². The molecule has 0 amide bonds. The zero-order valence-electron chi connectivity index (χ0n) is 10.6. The van der Waals surface area contributed by atoms with Crippen LogP contribution in [0.4, 0.5) is 0 Å². The molecule has 0 spiro atoms. The van der Waals surface area contributed by atoms with Crippen LogP contribution in [0.15, 0.2) is 23.1 Å². The number of esters is 1. The molecular formula is C13H18O3S. The van der Waals surface area contributed by atoms with Crippen LogP contribution in [0.25, 0.3) is 0 Å². The highest BCUT2D eigenvalue weighted by Gasteiger charge is 2.31. The summed E-state index contributed by atoms with van der Waals surface area (Å²) in [6, 6.07) is 6.12. The average molecular weight is 254 g/mol. The SMILES string of the molecule is COC(=O)C(C)(O)CSc1cc(C)ccc1C. The monoisotopic (exact) mass is 254 g/mol. The molecule has 0 saturated carbocycles. The lowest BCUT2D eigenvalue weighted by atomic mass is 10.1. The molecule has 0 fully saturated rings. The number of carbonyl (C=O) groups excluding carboxylic acids is 1. The van der Waals surface area contributed by atoms with Gasteiger partial charge in [-0.15, -0.1) is 11.8 Å². The van der Waals surface area contributed by atoms with Crippen molar-refractivity contribution < 1.29 is 14.6 Å². The third-order valence-corrected chi connectivity index (χ3v) is 3.93. The van der Waals surface area contributed by atoms with E-state index in [9.17, 15) is 9.90 Å². The molecule has 0 bridgehead atoms. The van der Waals surface area contributed by atoms with Crippen molar-refractivity contribution in [3.05, 3.63) is 29.3 Å². The normalized spacial score (nSPS) is 14.2. The average Bonchev–Trinajstić information content (AvgIpc) is 2.29. The Kier molecular flexibility index (Phi) is 4.60. The van der Waals surface area contributed by atoms with Crippen LogP contribution in [0.5, 0.6) is 0 Å². The van der Waals surface area contributed by atoms with E-state index in [1.165, 1.54) is 25.8 Å². The molecule has 1 aromatic carbocycles. The van der Waals surface area contributed by atoms with E-state index in [4.69, 9.17) is 0 Å². The van der Waals surface area contributed by atoms with Crippen LogP contribution in [0.1, 0.15) is 18.1 Å². The van der Waals surface area contributed by atoms with E-state index in [1.54, 1.807) is 0 Å². The highest BCUT2D eigenvalue weighted by atomic mass is 32.2. The summed E-state index contributed by atoms with van der Waals surface area (Å²) in [5.74, 6) is -0.320. The molecule has 4 heteroatoms. The van der Waals surface area contributed by atoms with Crippen LogP contribution in [0.3, 0.4) is 0 Å². The number of hydrogen-bond donors (Lipinski definition) is 1. The van der Waals surface area contributed by atoms with Gasteiger partial charge in [0.2, 0.25) is 0 Å². The number of hydrogen-bond acceptors (Lipinski definition) is 4. The van der Waals surface area contributed by atoms with Gasteiger partial charge in [0.05, 0.1) is 7.11 Å². The third kappa shape index (κ3) is 3.75. The number of aryl methyl sites for hydroxylation is 2. The van der Waals surface area contributed by atoms with Gasteiger partial charge in [-0.3, -0.25) is 0 Å². The summed E-state index contributed by atoms with van der Waals surface area (Å²) in [7, 11) is 1.28. The molecule has 0 saturated heterocycles. The Morgan fingerprint density at radius 1 is 1.47 bits per heavy atom. The summed E-state index contributed by atoms with van der Waals surface area (Å²) in [6.45, 7) is 5.49. The number of ether oxygens (including phenoxy) is 1. The Morgan fingerprint density at radius 2 is 2.12 bits per heavy atom. The van der Waals surface area contributed by atoms with Gasteiger partial charge >= 0.3 is 5.97 Å². The van der Waals surface area contributed by atoms with Crippen LogP contribution in [-0.2, 0) is 9.53 Å². The van der Waals surface area contributed by atoms with Gasteiger partial charge < -0.3 is 9.84 Å². The van der Waals surface area contributed by atoms with Crippen molar-refractivity contribution in [2.24, 2.45) is 0 Å². The summed E-state index contributed by atoms with van der Waals surface area (Å²) >= 11 is 1.46. The molecule has 1 rings (SSSR count). The van der Waals surface area contributed by atoms with Gasteiger partial charge in [-0.2, -0.15) is 0 Å². The lowest BCUT2D eigenvalue weighted by Crippen LogP contribution is -2.38. The molecule has 3 nitrogen and oxygen atoms in total.